The van der Waals surface area contributed by atoms with Gasteiger partial charge in [0.1, 0.15) is 5.03 Å². The van der Waals surface area contributed by atoms with Gasteiger partial charge in [-0.25, -0.2) is 0 Å². The number of rotatable bonds is 5. The van der Waals surface area contributed by atoms with Gasteiger partial charge in [-0.15, -0.1) is 11.8 Å². The highest BCUT2D eigenvalue weighted by molar-refractivity contribution is 8.02. The topological polar surface area (TPSA) is 58.9 Å². The Bertz CT molecular complexity index is 337. The number of hydrogen-bond donors (Lipinski definition) is 0. The van der Waals surface area contributed by atoms with Gasteiger partial charge >= 0.3 is 0 Å². The molecule has 19 heavy (non-hydrogen) atoms. The fourth-order valence-corrected chi connectivity index (χ4v) is 3.23. The molecule has 2 fully saturated rings. The zero-order chi connectivity index (χ0) is 13.7. The maximum absolute atomic E-state index is 10.6. The molecule has 0 aromatic heterocycles. The van der Waals surface area contributed by atoms with E-state index in [1.54, 1.807) is 0 Å². The Morgan fingerprint density at radius 2 is 2.21 bits per heavy atom. The molecule has 7 heteroatoms. The quantitative estimate of drug-likeness (QED) is 0.557. The average molecular weight is 287 g/mol. The summed E-state index contributed by atoms with van der Waals surface area (Å²) in [6.07, 6.45) is 4.17. The number of nitro groups is 1. The van der Waals surface area contributed by atoms with Gasteiger partial charge in [0.25, 0.3) is 6.20 Å². The molecule has 2 saturated heterocycles. The van der Waals surface area contributed by atoms with Crippen molar-refractivity contribution in [3.05, 3.63) is 21.3 Å². The van der Waals surface area contributed by atoms with E-state index in [0.29, 0.717) is 5.92 Å². The first-order valence-electron chi connectivity index (χ1n) is 6.63. The Morgan fingerprint density at radius 1 is 1.47 bits per heavy atom. The lowest BCUT2D eigenvalue weighted by Gasteiger charge is -2.36. The van der Waals surface area contributed by atoms with E-state index >= 15 is 0 Å². The molecule has 1 atom stereocenters. The number of nitrogens with zero attached hydrogens (tertiary/aromatic N) is 3. The highest BCUT2D eigenvalue weighted by Gasteiger charge is 2.24. The van der Waals surface area contributed by atoms with Gasteiger partial charge in [-0.05, 0) is 18.6 Å². The zero-order valence-corrected chi connectivity index (χ0v) is 12.1. The molecule has 2 aliphatic heterocycles. The third-order valence-electron chi connectivity index (χ3n) is 3.65. The second-order valence-corrected chi connectivity index (χ2v) is 5.80. The number of thioether (sulfide) groups is 1. The maximum Gasteiger partial charge on any atom is 0.264 e. The first-order valence-corrected chi connectivity index (χ1v) is 7.86. The molecule has 108 valence electrons. The summed E-state index contributed by atoms with van der Waals surface area (Å²) in [5, 5.41) is 11.3. The summed E-state index contributed by atoms with van der Waals surface area (Å²) in [5.41, 5.74) is 0. The van der Waals surface area contributed by atoms with Crippen LogP contribution in [0.4, 0.5) is 0 Å². The van der Waals surface area contributed by atoms with Crippen LogP contribution < -0.4 is 0 Å². The lowest BCUT2D eigenvalue weighted by atomic mass is 10.1. The van der Waals surface area contributed by atoms with E-state index in [9.17, 15) is 10.1 Å². The molecule has 0 aromatic rings. The average Bonchev–Trinajstić information content (AvgIpc) is 2.90. The fraction of sp³-hybridized carbons (Fsp3) is 0.833. The van der Waals surface area contributed by atoms with Crippen molar-refractivity contribution in [2.45, 2.75) is 6.42 Å². The van der Waals surface area contributed by atoms with Crippen molar-refractivity contribution in [1.82, 2.24) is 9.80 Å². The van der Waals surface area contributed by atoms with Gasteiger partial charge in [0.2, 0.25) is 0 Å². The largest absolute Gasteiger partial charge is 0.381 e. The molecule has 0 saturated carbocycles. The zero-order valence-electron chi connectivity index (χ0n) is 11.3. The van der Waals surface area contributed by atoms with Crippen LogP contribution in [0.2, 0.25) is 0 Å². The van der Waals surface area contributed by atoms with Crippen molar-refractivity contribution in [1.29, 1.82) is 0 Å². The van der Waals surface area contributed by atoms with Crippen molar-refractivity contribution in [2.75, 3.05) is 52.2 Å². The minimum absolute atomic E-state index is 0.367. The lowest BCUT2D eigenvalue weighted by Crippen LogP contribution is -2.47. The molecule has 0 aromatic carbocycles. The molecule has 2 aliphatic rings. The highest BCUT2D eigenvalue weighted by atomic mass is 32.2. The molecule has 2 heterocycles. The molecule has 0 aliphatic carbocycles. The third kappa shape index (κ3) is 4.36. The summed E-state index contributed by atoms with van der Waals surface area (Å²) in [6.45, 7) is 6.58. The summed E-state index contributed by atoms with van der Waals surface area (Å²) >= 11 is 1.45. The van der Waals surface area contributed by atoms with E-state index in [0.717, 1.165) is 63.6 Å². The third-order valence-corrected chi connectivity index (χ3v) is 4.43. The van der Waals surface area contributed by atoms with E-state index in [4.69, 9.17) is 4.74 Å². The molecular weight excluding hydrogens is 266 g/mol. The maximum atomic E-state index is 10.6. The second-order valence-electron chi connectivity index (χ2n) is 4.97. The molecule has 2 rings (SSSR count). The first-order chi connectivity index (χ1) is 9.19. The van der Waals surface area contributed by atoms with Crippen LogP contribution in [-0.4, -0.2) is 66.9 Å². The SMILES string of the molecule is CSC(=C[N+](=O)[O-])N1CCN(CC2CCOC2)CC1. The van der Waals surface area contributed by atoms with E-state index in [2.05, 4.69) is 9.80 Å². The Balaban J connectivity index is 1.79. The Morgan fingerprint density at radius 3 is 2.74 bits per heavy atom. The van der Waals surface area contributed by atoms with Crippen LogP contribution in [0.25, 0.3) is 0 Å². The highest BCUT2D eigenvalue weighted by Crippen LogP contribution is 2.20. The molecule has 1 unspecified atom stereocenters. The molecule has 0 radical (unpaired) electrons. The van der Waals surface area contributed by atoms with Gasteiger partial charge < -0.3 is 9.64 Å². The molecule has 0 bridgehead atoms. The molecule has 0 N–H and O–H groups in total. The van der Waals surface area contributed by atoms with Crippen molar-refractivity contribution in [2.24, 2.45) is 5.92 Å². The van der Waals surface area contributed by atoms with Crippen LogP contribution in [0.1, 0.15) is 6.42 Å². The Kier molecular flexibility index (Phi) is 5.47. The minimum atomic E-state index is -0.367. The van der Waals surface area contributed by atoms with E-state index in [-0.39, 0.29) is 4.92 Å². The number of piperazine rings is 1. The van der Waals surface area contributed by atoms with Gasteiger partial charge in [-0.2, -0.15) is 0 Å². The Labute approximate surface area is 117 Å². The van der Waals surface area contributed by atoms with Crippen molar-refractivity contribution in [3.63, 3.8) is 0 Å². The van der Waals surface area contributed by atoms with Gasteiger partial charge in [0, 0.05) is 39.3 Å². The van der Waals surface area contributed by atoms with Gasteiger partial charge in [0.15, 0.2) is 0 Å². The predicted molar refractivity (Wildman–Crippen MR) is 75.5 cm³/mol. The van der Waals surface area contributed by atoms with Crippen LogP contribution in [0, 0.1) is 16.0 Å². The Hall–Kier alpha value is -0.790. The van der Waals surface area contributed by atoms with Crippen LogP contribution in [0.5, 0.6) is 0 Å². The van der Waals surface area contributed by atoms with Crippen molar-refractivity contribution >= 4 is 11.8 Å². The van der Waals surface area contributed by atoms with Gasteiger partial charge in [-0.1, -0.05) is 0 Å². The van der Waals surface area contributed by atoms with E-state index in [1.807, 2.05) is 6.26 Å². The summed E-state index contributed by atoms with van der Waals surface area (Å²) < 4.78 is 5.39. The van der Waals surface area contributed by atoms with Crippen LogP contribution in [-0.2, 0) is 4.74 Å². The van der Waals surface area contributed by atoms with E-state index in [1.165, 1.54) is 11.8 Å². The summed E-state index contributed by atoms with van der Waals surface area (Å²) in [4.78, 5) is 14.8. The molecule has 0 spiro atoms. The molecule has 0 amide bonds. The summed E-state index contributed by atoms with van der Waals surface area (Å²) in [5.74, 6) is 0.667. The van der Waals surface area contributed by atoms with Crippen LogP contribution >= 0.6 is 11.8 Å². The molecular formula is C12H21N3O3S. The number of ether oxygens (including phenoxy) is 1. The van der Waals surface area contributed by atoms with Crippen LogP contribution in [0.3, 0.4) is 0 Å². The normalized spacial score (nSPS) is 25.8. The number of hydrogen-bond acceptors (Lipinski definition) is 6. The van der Waals surface area contributed by atoms with Gasteiger partial charge in [-0.3, -0.25) is 15.0 Å². The first kappa shape index (κ1) is 14.6. The van der Waals surface area contributed by atoms with Crippen molar-refractivity contribution in [3.8, 4) is 0 Å². The van der Waals surface area contributed by atoms with Crippen molar-refractivity contribution < 1.29 is 9.66 Å². The molecule has 6 nitrogen and oxygen atoms in total. The standard InChI is InChI=1S/C12H21N3O3S/c1-19-12(9-15(16)17)14-5-3-13(4-6-14)8-11-2-7-18-10-11/h9,11H,2-8,10H2,1H3. The monoisotopic (exact) mass is 287 g/mol. The second kappa shape index (κ2) is 7.12. The summed E-state index contributed by atoms with van der Waals surface area (Å²) in [7, 11) is 0. The fourth-order valence-electron chi connectivity index (χ4n) is 2.60. The van der Waals surface area contributed by atoms with Gasteiger partial charge in [0.05, 0.1) is 11.5 Å². The smallest absolute Gasteiger partial charge is 0.264 e. The van der Waals surface area contributed by atoms with Crippen LogP contribution in [0.15, 0.2) is 11.2 Å². The predicted octanol–water partition coefficient (Wildman–Crippen LogP) is 1.08. The van der Waals surface area contributed by atoms with E-state index < -0.39 is 0 Å². The lowest BCUT2D eigenvalue weighted by molar-refractivity contribution is -0.403. The summed E-state index contributed by atoms with van der Waals surface area (Å²) in [6, 6.07) is 0. The minimum Gasteiger partial charge on any atom is -0.381 e.